The van der Waals surface area contributed by atoms with Gasteiger partial charge >= 0.3 is 0 Å². The third-order valence-electron chi connectivity index (χ3n) is 5.75. The topological polar surface area (TPSA) is 82.8 Å². The summed E-state index contributed by atoms with van der Waals surface area (Å²) < 4.78 is 5.82. The Kier molecular flexibility index (Phi) is 10.7. The van der Waals surface area contributed by atoms with Crippen molar-refractivity contribution in [2.24, 2.45) is 10.9 Å². The van der Waals surface area contributed by atoms with E-state index in [1.807, 2.05) is 11.8 Å². The van der Waals surface area contributed by atoms with Crippen molar-refractivity contribution in [3.63, 3.8) is 0 Å². The summed E-state index contributed by atoms with van der Waals surface area (Å²) in [5, 5.41) is 6.39. The predicted octanol–water partition coefficient (Wildman–Crippen LogP) is 4.13. The van der Waals surface area contributed by atoms with Crippen molar-refractivity contribution < 1.29 is 9.21 Å². The number of aliphatic imine (C=N–C) groups is 1. The van der Waals surface area contributed by atoms with Gasteiger partial charge in [0.25, 0.3) is 0 Å². The van der Waals surface area contributed by atoms with Gasteiger partial charge in [-0.15, -0.1) is 24.0 Å². The molecule has 1 fully saturated rings. The van der Waals surface area contributed by atoms with Gasteiger partial charge in [0.2, 0.25) is 11.8 Å². The molecule has 1 aliphatic rings. The number of oxazole rings is 1. The number of benzene rings is 1. The molecule has 33 heavy (non-hydrogen) atoms. The summed E-state index contributed by atoms with van der Waals surface area (Å²) in [4.78, 5) is 23.4. The average Bonchev–Trinajstić information content (AvgIpc) is 3.26. The number of amides is 1. The Balaban J connectivity index is 0.00000385. The minimum Gasteiger partial charge on any atom is -0.443 e. The molecule has 0 saturated carbocycles. The van der Waals surface area contributed by atoms with Crippen molar-refractivity contribution in [2.75, 3.05) is 26.2 Å². The Morgan fingerprint density at radius 2 is 1.88 bits per heavy atom. The van der Waals surface area contributed by atoms with Crippen LogP contribution in [-0.4, -0.2) is 47.9 Å². The number of hydrogen-bond donors (Lipinski definition) is 2. The van der Waals surface area contributed by atoms with Gasteiger partial charge in [-0.3, -0.25) is 4.79 Å². The standard InChI is InChI=1S/C25H37N5O2.HI/c1-5-26-24(28-17-22-27-16-21(32-22)25(2,3)4)29-18-23(31)30-13-11-20(12-14-30)15-19-9-7-6-8-10-19;/h6-10,16,20H,5,11-15,17-18H2,1-4H3,(H2,26,28,29);1H. The highest BCUT2D eigenvalue weighted by Gasteiger charge is 2.23. The third kappa shape index (κ3) is 8.64. The van der Waals surface area contributed by atoms with Crippen molar-refractivity contribution in [1.29, 1.82) is 0 Å². The zero-order chi connectivity index (χ0) is 23.0. The van der Waals surface area contributed by atoms with Crippen LogP contribution in [0.25, 0.3) is 0 Å². The summed E-state index contributed by atoms with van der Waals surface area (Å²) in [7, 11) is 0. The Morgan fingerprint density at radius 3 is 2.48 bits per heavy atom. The second-order valence-electron chi connectivity index (χ2n) is 9.43. The number of nitrogens with zero attached hydrogens (tertiary/aromatic N) is 3. The molecule has 0 spiro atoms. The number of hydrogen-bond acceptors (Lipinski definition) is 4. The van der Waals surface area contributed by atoms with Gasteiger partial charge in [0.05, 0.1) is 12.7 Å². The first-order chi connectivity index (χ1) is 15.3. The molecule has 2 N–H and O–H groups in total. The Bertz CT molecular complexity index is 884. The molecule has 0 radical (unpaired) electrons. The highest BCUT2D eigenvalue weighted by Crippen LogP contribution is 2.23. The summed E-state index contributed by atoms with van der Waals surface area (Å²) >= 11 is 0. The molecule has 1 aliphatic heterocycles. The van der Waals surface area contributed by atoms with Gasteiger partial charge in [-0.05, 0) is 37.7 Å². The molecule has 182 valence electrons. The van der Waals surface area contributed by atoms with Gasteiger partial charge in [-0.2, -0.15) is 0 Å². The summed E-state index contributed by atoms with van der Waals surface area (Å²) in [5.41, 5.74) is 1.30. The molecule has 2 heterocycles. The van der Waals surface area contributed by atoms with E-state index in [9.17, 15) is 4.79 Å². The van der Waals surface area contributed by atoms with Crippen LogP contribution >= 0.6 is 24.0 Å². The fourth-order valence-electron chi connectivity index (χ4n) is 3.82. The molecule has 0 unspecified atom stereocenters. The summed E-state index contributed by atoms with van der Waals surface area (Å²) in [6, 6.07) is 10.6. The highest BCUT2D eigenvalue weighted by molar-refractivity contribution is 14.0. The zero-order valence-corrected chi connectivity index (χ0v) is 22.6. The maximum atomic E-state index is 12.7. The largest absolute Gasteiger partial charge is 0.443 e. The lowest BCUT2D eigenvalue weighted by Crippen LogP contribution is -2.41. The molecule has 1 aromatic heterocycles. The molecular weight excluding hydrogens is 529 g/mol. The van der Waals surface area contributed by atoms with Gasteiger partial charge in [0.15, 0.2) is 5.96 Å². The molecule has 8 heteroatoms. The zero-order valence-electron chi connectivity index (χ0n) is 20.3. The van der Waals surface area contributed by atoms with E-state index in [-0.39, 0.29) is 41.8 Å². The fraction of sp³-hybridized carbons (Fsp3) is 0.560. The van der Waals surface area contributed by atoms with E-state index in [1.165, 1.54) is 5.56 Å². The van der Waals surface area contributed by atoms with Crippen molar-refractivity contribution in [3.05, 3.63) is 53.7 Å². The molecule has 1 amide bonds. The van der Waals surface area contributed by atoms with Gasteiger partial charge in [-0.25, -0.2) is 9.98 Å². The van der Waals surface area contributed by atoms with Crippen molar-refractivity contribution in [3.8, 4) is 0 Å². The van der Waals surface area contributed by atoms with E-state index in [1.54, 1.807) is 6.20 Å². The SMILES string of the molecule is CCNC(=NCC(=O)N1CCC(Cc2ccccc2)CC1)NCc1ncc(C(C)(C)C)o1.I. The first kappa shape index (κ1) is 27.1. The van der Waals surface area contributed by atoms with Crippen LogP contribution in [0, 0.1) is 5.92 Å². The quantitative estimate of drug-likeness (QED) is 0.299. The van der Waals surface area contributed by atoms with Crippen LogP contribution in [0.15, 0.2) is 45.9 Å². The number of carbonyl (C=O) groups excluding carboxylic acids is 1. The van der Waals surface area contributed by atoms with E-state index in [0.717, 1.165) is 38.1 Å². The Morgan fingerprint density at radius 1 is 1.18 bits per heavy atom. The minimum atomic E-state index is -0.0786. The molecule has 3 rings (SSSR count). The van der Waals surface area contributed by atoms with Crippen molar-refractivity contribution >= 4 is 35.8 Å². The second kappa shape index (κ2) is 13.0. The van der Waals surface area contributed by atoms with E-state index >= 15 is 0 Å². The minimum absolute atomic E-state index is 0. The monoisotopic (exact) mass is 567 g/mol. The van der Waals surface area contributed by atoms with E-state index in [0.29, 0.717) is 30.9 Å². The van der Waals surface area contributed by atoms with E-state index in [2.05, 4.69) is 71.7 Å². The van der Waals surface area contributed by atoms with Crippen molar-refractivity contribution in [2.45, 2.75) is 58.9 Å². The number of nitrogens with one attached hydrogen (secondary N) is 2. The molecule has 1 aromatic carbocycles. The lowest BCUT2D eigenvalue weighted by Gasteiger charge is -2.31. The van der Waals surface area contributed by atoms with Crippen molar-refractivity contribution in [1.82, 2.24) is 20.5 Å². The lowest BCUT2D eigenvalue weighted by atomic mass is 9.90. The second-order valence-corrected chi connectivity index (χ2v) is 9.43. The molecule has 0 atom stereocenters. The maximum absolute atomic E-state index is 12.7. The number of piperidine rings is 1. The molecule has 0 aliphatic carbocycles. The van der Waals surface area contributed by atoms with Crippen LogP contribution in [0.4, 0.5) is 0 Å². The van der Waals surface area contributed by atoms with E-state index < -0.39 is 0 Å². The normalized spacial score (nSPS) is 15.2. The Labute approximate surface area is 214 Å². The van der Waals surface area contributed by atoms with Gasteiger partial charge in [0, 0.05) is 25.0 Å². The van der Waals surface area contributed by atoms with Crippen LogP contribution in [0.5, 0.6) is 0 Å². The molecule has 7 nitrogen and oxygen atoms in total. The predicted molar refractivity (Wildman–Crippen MR) is 143 cm³/mol. The summed E-state index contributed by atoms with van der Waals surface area (Å²) in [6.07, 6.45) is 4.95. The number of likely N-dealkylation sites (tertiary alicyclic amines) is 1. The Hall–Kier alpha value is -2.10. The number of aromatic nitrogens is 1. The maximum Gasteiger partial charge on any atom is 0.244 e. The smallest absolute Gasteiger partial charge is 0.244 e. The van der Waals surface area contributed by atoms with Gasteiger partial charge < -0.3 is 20.0 Å². The average molecular weight is 568 g/mol. The van der Waals surface area contributed by atoms with Crippen LogP contribution in [0.3, 0.4) is 0 Å². The molecule has 1 saturated heterocycles. The number of rotatable bonds is 7. The van der Waals surface area contributed by atoms with Gasteiger partial charge in [-0.1, -0.05) is 51.1 Å². The molecule has 0 bridgehead atoms. The lowest BCUT2D eigenvalue weighted by molar-refractivity contribution is -0.130. The first-order valence-corrected chi connectivity index (χ1v) is 11.6. The number of carbonyl (C=O) groups is 1. The van der Waals surface area contributed by atoms with Crippen LogP contribution in [-0.2, 0) is 23.2 Å². The van der Waals surface area contributed by atoms with Crippen LogP contribution in [0.1, 0.15) is 57.8 Å². The van der Waals surface area contributed by atoms with Crippen LogP contribution < -0.4 is 10.6 Å². The summed E-state index contributed by atoms with van der Waals surface area (Å²) in [6.45, 7) is 11.1. The summed E-state index contributed by atoms with van der Waals surface area (Å²) in [5.74, 6) is 2.76. The first-order valence-electron chi connectivity index (χ1n) is 11.6. The molecule has 2 aromatic rings. The number of halogens is 1. The van der Waals surface area contributed by atoms with Crippen LogP contribution in [0.2, 0.25) is 0 Å². The van der Waals surface area contributed by atoms with E-state index in [4.69, 9.17) is 4.42 Å². The fourth-order valence-corrected chi connectivity index (χ4v) is 3.82. The third-order valence-corrected chi connectivity index (χ3v) is 5.75. The number of guanidine groups is 1. The molecular formula is C25H38IN5O2. The van der Waals surface area contributed by atoms with Gasteiger partial charge in [0.1, 0.15) is 12.3 Å². The highest BCUT2D eigenvalue weighted by atomic mass is 127.